The highest BCUT2D eigenvalue weighted by Gasteiger charge is 2.13. The molecule has 0 unspecified atom stereocenters. The maximum atomic E-state index is 5.55. The molecular weight excluding hydrogens is 138 g/mol. The summed E-state index contributed by atoms with van der Waals surface area (Å²) in [6.07, 6.45) is 3.80. The molecule has 0 radical (unpaired) electrons. The highest BCUT2D eigenvalue weighted by Crippen LogP contribution is 2.11. The summed E-state index contributed by atoms with van der Waals surface area (Å²) in [5, 5.41) is 3.29. The van der Waals surface area contributed by atoms with Gasteiger partial charge >= 0.3 is 0 Å². The quantitative estimate of drug-likeness (QED) is 0.610. The third-order valence-corrected chi connectivity index (χ3v) is 1.59. The molecule has 3 heteroatoms. The Morgan fingerprint density at radius 2 is 2.36 bits per heavy atom. The lowest BCUT2D eigenvalue weighted by molar-refractivity contribution is 0.580. The maximum Gasteiger partial charge on any atom is 0.0522 e. The SMILES string of the molecule is CC(C)(CN)Nc1cc[nH]c1. The molecule has 1 rings (SSSR count). The molecule has 0 saturated carbocycles. The molecule has 1 heterocycles. The summed E-state index contributed by atoms with van der Waals surface area (Å²) in [5.74, 6) is 0. The minimum absolute atomic E-state index is 0.0256. The summed E-state index contributed by atoms with van der Waals surface area (Å²) in [6.45, 7) is 4.76. The van der Waals surface area contributed by atoms with E-state index in [0.29, 0.717) is 6.54 Å². The standard InChI is InChI=1S/C8H15N3/c1-8(2,6-9)11-7-3-4-10-5-7/h3-5,10-11H,6,9H2,1-2H3. The molecule has 4 N–H and O–H groups in total. The number of aromatic amines is 1. The molecule has 0 aliphatic heterocycles. The van der Waals surface area contributed by atoms with E-state index in [4.69, 9.17) is 5.73 Å². The van der Waals surface area contributed by atoms with E-state index in [2.05, 4.69) is 24.1 Å². The van der Waals surface area contributed by atoms with Crippen LogP contribution >= 0.6 is 0 Å². The van der Waals surface area contributed by atoms with Crippen LogP contribution in [0.5, 0.6) is 0 Å². The highest BCUT2D eigenvalue weighted by atomic mass is 15.0. The Morgan fingerprint density at radius 3 is 2.82 bits per heavy atom. The Hall–Kier alpha value is -0.960. The lowest BCUT2D eigenvalue weighted by Gasteiger charge is -2.24. The van der Waals surface area contributed by atoms with Gasteiger partial charge in [-0.25, -0.2) is 0 Å². The second kappa shape index (κ2) is 2.96. The first-order valence-corrected chi connectivity index (χ1v) is 3.75. The van der Waals surface area contributed by atoms with Crippen LogP contribution in [0.3, 0.4) is 0 Å². The second-order valence-electron chi connectivity index (χ2n) is 3.31. The van der Waals surface area contributed by atoms with Gasteiger partial charge in [-0.1, -0.05) is 0 Å². The fraction of sp³-hybridized carbons (Fsp3) is 0.500. The van der Waals surface area contributed by atoms with Gasteiger partial charge in [0.05, 0.1) is 5.69 Å². The van der Waals surface area contributed by atoms with Crippen LogP contribution in [0.15, 0.2) is 18.5 Å². The van der Waals surface area contributed by atoms with Crippen LogP contribution in [-0.4, -0.2) is 17.1 Å². The molecule has 11 heavy (non-hydrogen) atoms. The summed E-state index contributed by atoms with van der Waals surface area (Å²) >= 11 is 0. The molecule has 0 spiro atoms. The highest BCUT2D eigenvalue weighted by molar-refractivity contribution is 5.42. The molecule has 0 amide bonds. The zero-order valence-electron chi connectivity index (χ0n) is 7.02. The fourth-order valence-electron chi connectivity index (χ4n) is 0.843. The van der Waals surface area contributed by atoms with Crippen molar-refractivity contribution in [1.29, 1.82) is 0 Å². The Balaban J connectivity index is 2.56. The van der Waals surface area contributed by atoms with E-state index in [1.54, 1.807) is 0 Å². The molecule has 0 aliphatic carbocycles. The van der Waals surface area contributed by atoms with Gasteiger partial charge in [0.25, 0.3) is 0 Å². The minimum atomic E-state index is -0.0256. The topological polar surface area (TPSA) is 53.8 Å². The number of rotatable bonds is 3. The first kappa shape index (κ1) is 8.14. The van der Waals surface area contributed by atoms with E-state index >= 15 is 0 Å². The monoisotopic (exact) mass is 153 g/mol. The molecule has 1 aromatic heterocycles. The summed E-state index contributed by atoms with van der Waals surface area (Å²) in [5.41, 5.74) is 6.61. The van der Waals surface area contributed by atoms with Crippen LogP contribution < -0.4 is 11.1 Å². The van der Waals surface area contributed by atoms with Crippen molar-refractivity contribution in [1.82, 2.24) is 4.98 Å². The van der Waals surface area contributed by atoms with Gasteiger partial charge < -0.3 is 16.0 Å². The van der Waals surface area contributed by atoms with Crippen molar-refractivity contribution >= 4 is 5.69 Å². The van der Waals surface area contributed by atoms with Crippen LogP contribution in [0.25, 0.3) is 0 Å². The van der Waals surface area contributed by atoms with Gasteiger partial charge in [0.2, 0.25) is 0 Å². The maximum absolute atomic E-state index is 5.55. The molecule has 0 aromatic carbocycles. The number of hydrogen-bond acceptors (Lipinski definition) is 2. The van der Waals surface area contributed by atoms with Gasteiger partial charge in [-0.2, -0.15) is 0 Å². The number of H-pyrrole nitrogens is 1. The second-order valence-corrected chi connectivity index (χ2v) is 3.31. The van der Waals surface area contributed by atoms with Gasteiger partial charge in [0, 0.05) is 24.5 Å². The van der Waals surface area contributed by atoms with Gasteiger partial charge in [-0.05, 0) is 19.9 Å². The summed E-state index contributed by atoms with van der Waals surface area (Å²) < 4.78 is 0. The van der Waals surface area contributed by atoms with Crippen molar-refractivity contribution in [3.63, 3.8) is 0 Å². The number of aromatic nitrogens is 1. The van der Waals surface area contributed by atoms with Crippen molar-refractivity contribution in [3.05, 3.63) is 18.5 Å². The molecule has 0 atom stereocenters. The number of nitrogens with one attached hydrogen (secondary N) is 2. The Morgan fingerprint density at radius 1 is 1.64 bits per heavy atom. The Kier molecular flexibility index (Phi) is 2.19. The number of nitrogens with two attached hydrogens (primary N) is 1. The smallest absolute Gasteiger partial charge is 0.0522 e. The third kappa shape index (κ3) is 2.27. The predicted molar refractivity (Wildman–Crippen MR) is 47.5 cm³/mol. The van der Waals surface area contributed by atoms with Gasteiger partial charge in [0.1, 0.15) is 0 Å². The fourth-order valence-corrected chi connectivity index (χ4v) is 0.843. The largest absolute Gasteiger partial charge is 0.378 e. The average molecular weight is 153 g/mol. The van der Waals surface area contributed by atoms with Crippen LogP contribution in [0.4, 0.5) is 5.69 Å². The van der Waals surface area contributed by atoms with E-state index in [1.807, 2.05) is 18.5 Å². The molecule has 0 bridgehead atoms. The van der Waals surface area contributed by atoms with Crippen LogP contribution in [0.1, 0.15) is 13.8 Å². The Labute approximate surface area is 67.0 Å². The van der Waals surface area contributed by atoms with Gasteiger partial charge in [-0.15, -0.1) is 0 Å². The molecule has 0 fully saturated rings. The Bertz CT molecular complexity index is 201. The molecule has 0 aliphatic rings. The van der Waals surface area contributed by atoms with Crippen LogP contribution in [0.2, 0.25) is 0 Å². The van der Waals surface area contributed by atoms with Crippen LogP contribution in [-0.2, 0) is 0 Å². The zero-order valence-corrected chi connectivity index (χ0v) is 7.02. The van der Waals surface area contributed by atoms with E-state index in [-0.39, 0.29) is 5.54 Å². The molecule has 0 saturated heterocycles. The lowest BCUT2D eigenvalue weighted by Crippen LogP contribution is -2.38. The van der Waals surface area contributed by atoms with E-state index < -0.39 is 0 Å². The zero-order chi connectivity index (χ0) is 8.32. The van der Waals surface area contributed by atoms with E-state index in [1.165, 1.54) is 0 Å². The summed E-state index contributed by atoms with van der Waals surface area (Å²) in [6, 6.07) is 1.98. The predicted octanol–water partition coefficient (Wildman–Crippen LogP) is 1.16. The van der Waals surface area contributed by atoms with Crippen molar-refractivity contribution in [2.24, 2.45) is 5.73 Å². The van der Waals surface area contributed by atoms with Crippen molar-refractivity contribution < 1.29 is 0 Å². The van der Waals surface area contributed by atoms with Gasteiger partial charge in [-0.3, -0.25) is 0 Å². The van der Waals surface area contributed by atoms with Gasteiger partial charge in [0.15, 0.2) is 0 Å². The number of anilines is 1. The van der Waals surface area contributed by atoms with E-state index in [0.717, 1.165) is 5.69 Å². The molecule has 1 aromatic rings. The summed E-state index contributed by atoms with van der Waals surface area (Å²) in [7, 11) is 0. The van der Waals surface area contributed by atoms with Crippen molar-refractivity contribution in [2.45, 2.75) is 19.4 Å². The third-order valence-electron chi connectivity index (χ3n) is 1.59. The molecular formula is C8H15N3. The lowest BCUT2D eigenvalue weighted by atomic mass is 10.1. The number of hydrogen-bond donors (Lipinski definition) is 3. The normalized spacial score (nSPS) is 11.5. The first-order valence-electron chi connectivity index (χ1n) is 3.75. The first-order chi connectivity index (χ1) is 5.14. The van der Waals surface area contributed by atoms with Crippen LogP contribution in [0, 0.1) is 0 Å². The molecule has 62 valence electrons. The average Bonchev–Trinajstić information content (AvgIpc) is 2.39. The van der Waals surface area contributed by atoms with Crippen molar-refractivity contribution in [3.8, 4) is 0 Å². The molecule has 3 nitrogen and oxygen atoms in total. The van der Waals surface area contributed by atoms with Crippen molar-refractivity contribution in [2.75, 3.05) is 11.9 Å². The van der Waals surface area contributed by atoms with E-state index in [9.17, 15) is 0 Å². The summed E-state index contributed by atoms with van der Waals surface area (Å²) in [4.78, 5) is 2.97. The minimum Gasteiger partial charge on any atom is -0.378 e.